The highest BCUT2D eigenvalue weighted by atomic mass is 16.3. The van der Waals surface area contributed by atoms with Gasteiger partial charge in [-0.25, -0.2) is 0 Å². The Bertz CT molecular complexity index is 917. The van der Waals surface area contributed by atoms with Crippen LogP contribution < -0.4 is 15.5 Å². The van der Waals surface area contributed by atoms with Gasteiger partial charge in [-0.15, -0.1) is 0 Å². The zero-order valence-electron chi connectivity index (χ0n) is 15.5. The van der Waals surface area contributed by atoms with E-state index in [1.54, 1.807) is 12.1 Å². The largest absolute Gasteiger partial charge is 0.483 e. The van der Waals surface area contributed by atoms with E-state index in [0.717, 1.165) is 36.8 Å². The second-order valence-corrected chi connectivity index (χ2v) is 7.74. The summed E-state index contributed by atoms with van der Waals surface area (Å²) in [6, 6.07) is 4.36. The summed E-state index contributed by atoms with van der Waals surface area (Å²) in [7, 11) is 0. The Morgan fingerprint density at radius 1 is 1.07 bits per heavy atom. The summed E-state index contributed by atoms with van der Waals surface area (Å²) >= 11 is 0. The fraction of sp³-hybridized carbons (Fsp3) is 0.421. The van der Waals surface area contributed by atoms with Crippen LogP contribution in [0.25, 0.3) is 0 Å². The summed E-state index contributed by atoms with van der Waals surface area (Å²) in [4.78, 5) is 60.5. The predicted molar refractivity (Wildman–Crippen MR) is 99.3 cm³/mol. The number of hydrogen-bond donors (Lipinski definition) is 3. The van der Waals surface area contributed by atoms with Crippen molar-refractivity contribution in [3.8, 4) is 0 Å². The van der Waals surface area contributed by atoms with Gasteiger partial charge in [0, 0.05) is 43.7 Å². The predicted octanol–water partition coefficient (Wildman–Crippen LogP) is -0.802. The SMILES string of the molecule is O=C1CCC(N2C(=O)c3ccc(N4CC5(CNC5)C4)cc3C2=O)C(=O)N1.O=CO. The Morgan fingerprint density at radius 3 is 2.31 bits per heavy atom. The molecule has 1 aromatic rings. The minimum atomic E-state index is -0.920. The monoisotopic (exact) mass is 400 g/mol. The van der Waals surface area contributed by atoms with Gasteiger partial charge in [0.05, 0.1) is 11.1 Å². The maximum Gasteiger partial charge on any atom is 0.290 e. The first-order valence-electron chi connectivity index (χ1n) is 9.28. The van der Waals surface area contributed by atoms with Crippen LogP contribution in [-0.4, -0.2) is 72.3 Å². The number of rotatable bonds is 2. The minimum Gasteiger partial charge on any atom is -0.483 e. The van der Waals surface area contributed by atoms with E-state index in [0.29, 0.717) is 16.5 Å². The third kappa shape index (κ3) is 3.05. The molecule has 4 heterocycles. The van der Waals surface area contributed by atoms with E-state index in [9.17, 15) is 19.2 Å². The van der Waals surface area contributed by atoms with Crippen molar-refractivity contribution in [2.45, 2.75) is 18.9 Å². The fourth-order valence-electron chi connectivity index (χ4n) is 4.30. The van der Waals surface area contributed by atoms with Gasteiger partial charge in [0.1, 0.15) is 6.04 Å². The van der Waals surface area contributed by atoms with Crippen LogP contribution in [0.3, 0.4) is 0 Å². The summed E-state index contributed by atoms with van der Waals surface area (Å²) < 4.78 is 0. The molecule has 10 nitrogen and oxygen atoms in total. The van der Waals surface area contributed by atoms with Crippen molar-refractivity contribution in [3.63, 3.8) is 0 Å². The van der Waals surface area contributed by atoms with Crippen molar-refractivity contribution < 1.29 is 29.1 Å². The van der Waals surface area contributed by atoms with Crippen molar-refractivity contribution in [1.29, 1.82) is 0 Å². The van der Waals surface area contributed by atoms with Crippen LogP contribution in [0, 0.1) is 5.41 Å². The van der Waals surface area contributed by atoms with Crippen LogP contribution in [0.5, 0.6) is 0 Å². The van der Waals surface area contributed by atoms with E-state index >= 15 is 0 Å². The molecule has 10 heteroatoms. The Morgan fingerprint density at radius 2 is 1.72 bits per heavy atom. The van der Waals surface area contributed by atoms with Gasteiger partial charge >= 0.3 is 0 Å². The van der Waals surface area contributed by atoms with Crippen LogP contribution in [-0.2, 0) is 14.4 Å². The van der Waals surface area contributed by atoms with Crippen molar-refractivity contribution >= 4 is 35.8 Å². The number of carboxylic acid groups (broad SMARTS) is 1. The molecule has 4 aliphatic rings. The number of imide groups is 2. The highest BCUT2D eigenvalue weighted by molar-refractivity contribution is 6.23. The average molecular weight is 400 g/mol. The number of anilines is 1. The van der Waals surface area contributed by atoms with Gasteiger partial charge in [0.15, 0.2) is 0 Å². The number of nitrogens with one attached hydrogen (secondary N) is 2. The Kier molecular flexibility index (Phi) is 4.58. The number of amides is 4. The Balaban J connectivity index is 0.000000645. The average Bonchev–Trinajstić information content (AvgIpc) is 2.85. The quantitative estimate of drug-likeness (QED) is 0.434. The standard InChI is InChI=1S/C18H18N4O4.CH2O2/c23-14-4-3-13(15(24)20-14)22-16(25)11-2-1-10(5-12(11)17(22)26)21-8-18(9-21)6-19-7-18;2-1-3/h1-2,5,13,19H,3-4,6-9H2,(H,20,23,24);1H,(H,2,3). The van der Waals surface area contributed by atoms with Gasteiger partial charge in [0.2, 0.25) is 11.8 Å². The molecular formula is C19H20N4O6. The number of fused-ring (bicyclic) bond motifs is 1. The zero-order valence-corrected chi connectivity index (χ0v) is 15.5. The van der Waals surface area contributed by atoms with Crippen molar-refractivity contribution in [3.05, 3.63) is 29.3 Å². The zero-order chi connectivity index (χ0) is 20.8. The number of hydrogen-bond acceptors (Lipinski definition) is 7. The smallest absolute Gasteiger partial charge is 0.290 e. The van der Waals surface area contributed by atoms with Gasteiger partial charge in [-0.2, -0.15) is 0 Å². The molecule has 5 rings (SSSR count). The Hall–Kier alpha value is -3.27. The first kappa shape index (κ1) is 19.1. The number of nitrogens with zero attached hydrogens (tertiary/aromatic N) is 2. The van der Waals surface area contributed by atoms with E-state index < -0.39 is 23.8 Å². The second kappa shape index (κ2) is 6.96. The topological polar surface area (TPSA) is 136 Å². The molecule has 3 N–H and O–H groups in total. The summed E-state index contributed by atoms with van der Waals surface area (Å²) in [6.07, 6.45) is 0.295. The van der Waals surface area contributed by atoms with E-state index in [4.69, 9.17) is 9.90 Å². The third-order valence-corrected chi connectivity index (χ3v) is 5.84. The van der Waals surface area contributed by atoms with Crippen molar-refractivity contribution in [2.24, 2.45) is 5.41 Å². The molecule has 1 atom stereocenters. The van der Waals surface area contributed by atoms with Gasteiger partial charge < -0.3 is 15.3 Å². The third-order valence-electron chi connectivity index (χ3n) is 5.84. The van der Waals surface area contributed by atoms with Crippen molar-refractivity contribution in [1.82, 2.24) is 15.5 Å². The van der Waals surface area contributed by atoms with E-state index in [2.05, 4.69) is 15.5 Å². The van der Waals surface area contributed by atoms with Gasteiger partial charge in [-0.1, -0.05) is 0 Å². The van der Waals surface area contributed by atoms with E-state index in [-0.39, 0.29) is 25.2 Å². The molecule has 0 aromatic heterocycles. The molecule has 1 unspecified atom stereocenters. The molecule has 0 saturated carbocycles. The van der Waals surface area contributed by atoms with Crippen LogP contribution in [0.15, 0.2) is 18.2 Å². The maximum absolute atomic E-state index is 12.8. The van der Waals surface area contributed by atoms with Crippen LogP contribution in [0.4, 0.5) is 5.69 Å². The molecule has 3 fully saturated rings. The first-order valence-corrected chi connectivity index (χ1v) is 9.28. The number of carbonyl (C=O) groups excluding carboxylic acids is 4. The summed E-state index contributed by atoms with van der Waals surface area (Å²) in [6.45, 7) is 3.68. The van der Waals surface area contributed by atoms with Crippen LogP contribution >= 0.6 is 0 Å². The van der Waals surface area contributed by atoms with E-state index in [1.807, 2.05) is 6.07 Å². The number of carbonyl (C=O) groups is 5. The first-order chi connectivity index (χ1) is 13.9. The fourth-order valence-corrected chi connectivity index (χ4v) is 4.30. The van der Waals surface area contributed by atoms with Crippen molar-refractivity contribution in [2.75, 3.05) is 31.1 Å². The number of piperidine rings is 1. The molecule has 3 saturated heterocycles. The molecule has 4 amide bonds. The molecule has 4 aliphatic heterocycles. The maximum atomic E-state index is 12.8. The Labute approximate surface area is 165 Å². The van der Waals surface area contributed by atoms with Gasteiger partial charge in [-0.3, -0.25) is 34.2 Å². The minimum absolute atomic E-state index is 0.124. The molecule has 29 heavy (non-hydrogen) atoms. The van der Waals surface area contributed by atoms with Gasteiger partial charge in [-0.05, 0) is 24.6 Å². The molecule has 1 aromatic carbocycles. The van der Waals surface area contributed by atoms with Crippen LogP contribution in [0.1, 0.15) is 33.6 Å². The molecule has 1 spiro atoms. The normalized spacial score (nSPS) is 24.2. The summed E-state index contributed by atoms with van der Waals surface area (Å²) in [5, 5.41) is 12.4. The molecule has 0 bridgehead atoms. The highest BCUT2D eigenvalue weighted by Crippen LogP contribution is 2.39. The van der Waals surface area contributed by atoms with Gasteiger partial charge in [0.25, 0.3) is 18.3 Å². The lowest BCUT2D eigenvalue weighted by molar-refractivity contribution is -0.136. The lowest BCUT2D eigenvalue weighted by atomic mass is 9.74. The second-order valence-electron chi connectivity index (χ2n) is 7.74. The molecule has 152 valence electrons. The molecule has 0 aliphatic carbocycles. The number of benzene rings is 1. The summed E-state index contributed by atoms with van der Waals surface area (Å²) in [5.41, 5.74) is 1.94. The van der Waals surface area contributed by atoms with E-state index in [1.165, 1.54) is 0 Å². The molecular weight excluding hydrogens is 380 g/mol. The van der Waals surface area contributed by atoms with Crippen LogP contribution in [0.2, 0.25) is 0 Å². The molecule has 0 radical (unpaired) electrons. The lowest BCUT2D eigenvalue weighted by Gasteiger charge is -2.57. The highest BCUT2D eigenvalue weighted by Gasteiger charge is 2.49. The lowest BCUT2D eigenvalue weighted by Crippen LogP contribution is -2.71. The summed E-state index contributed by atoms with van der Waals surface area (Å²) in [5.74, 6) is -1.88.